The Morgan fingerprint density at radius 1 is 1.07 bits per heavy atom. The maximum Gasteiger partial charge on any atom is 0.138 e. The molecule has 1 N–H and O–H groups in total. The molecule has 0 atom stereocenters. The fourth-order valence-corrected chi connectivity index (χ4v) is 5.46. The first-order valence-corrected chi connectivity index (χ1v) is 11.1. The van der Waals surface area contributed by atoms with Crippen LogP contribution in [0.15, 0.2) is 30.3 Å². The van der Waals surface area contributed by atoms with Crippen molar-refractivity contribution < 1.29 is 4.74 Å². The minimum atomic E-state index is 0.775. The Labute approximate surface area is 169 Å². The summed E-state index contributed by atoms with van der Waals surface area (Å²) in [4.78, 5) is 15.0. The van der Waals surface area contributed by atoms with Gasteiger partial charge in [-0.05, 0) is 30.4 Å². The number of thiophene rings is 1. The van der Waals surface area contributed by atoms with Crippen LogP contribution in [0.4, 0.5) is 5.82 Å². The molecule has 0 radical (unpaired) electrons. The van der Waals surface area contributed by atoms with Crippen LogP contribution in [0, 0.1) is 0 Å². The van der Waals surface area contributed by atoms with E-state index in [1.54, 1.807) is 0 Å². The topological polar surface area (TPSA) is 50.3 Å². The van der Waals surface area contributed by atoms with Crippen LogP contribution < -0.4 is 5.32 Å². The molecule has 5 nitrogen and oxygen atoms in total. The van der Waals surface area contributed by atoms with Crippen molar-refractivity contribution in [3.63, 3.8) is 0 Å². The molecule has 1 aromatic carbocycles. The van der Waals surface area contributed by atoms with Gasteiger partial charge in [0, 0.05) is 37.5 Å². The fraction of sp³-hybridized carbons (Fsp3) is 0.455. The Morgan fingerprint density at radius 2 is 1.93 bits per heavy atom. The minimum Gasteiger partial charge on any atom is -0.379 e. The lowest BCUT2D eigenvalue weighted by atomic mass is 10.1. The summed E-state index contributed by atoms with van der Waals surface area (Å²) in [7, 11) is 0. The first-order valence-electron chi connectivity index (χ1n) is 10.3. The quantitative estimate of drug-likeness (QED) is 0.693. The molecule has 0 amide bonds. The molecule has 0 saturated carbocycles. The van der Waals surface area contributed by atoms with Crippen molar-refractivity contribution in [3.8, 4) is 0 Å². The lowest BCUT2D eigenvalue weighted by Gasteiger charge is -2.26. The Bertz CT molecular complexity index is 950. The van der Waals surface area contributed by atoms with E-state index in [-0.39, 0.29) is 0 Å². The lowest BCUT2D eigenvalue weighted by molar-refractivity contribution is 0.0398. The first kappa shape index (κ1) is 18.0. The molecule has 3 heterocycles. The van der Waals surface area contributed by atoms with E-state index in [1.165, 1.54) is 34.2 Å². The van der Waals surface area contributed by atoms with E-state index in [9.17, 15) is 0 Å². The number of fused-ring (bicyclic) bond motifs is 3. The number of hydrogen-bond acceptors (Lipinski definition) is 6. The molecule has 1 fully saturated rings. The number of nitrogens with zero attached hydrogens (tertiary/aromatic N) is 3. The van der Waals surface area contributed by atoms with Gasteiger partial charge in [-0.3, -0.25) is 4.90 Å². The number of anilines is 1. The van der Waals surface area contributed by atoms with Crippen LogP contribution in [0.5, 0.6) is 0 Å². The molecule has 1 aliphatic heterocycles. The standard InChI is InChI=1S/C22H26N4OS/c1-2-5-16(6-3-1)15-19-24-21(23-9-10-26-11-13-27-14-12-26)20-17-7-4-8-18(17)28-22(20)25-19/h1-3,5-6H,4,7-15H2,(H,23,24,25). The maximum atomic E-state index is 5.45. The van der Waals surface area contributed by atoms with Gasteiger partial charge in [-0.2, -0.15) is 0 Å². The highest BCUT2D eigenvalue weighted by Gasteiger charge is 2.22. The summed E-state index contributed by atoms with van der Waals surface area (Å²) >= 11 is 1.87. The van der Waals surface area contributed by atoms with E-state index >= 15 is 0 Å². The number of morpholine rings is 1. The summed E-state index contributed by atoms with van der Waals surface area (Å²) in [5.74, 6) is 1.94. The molecule has 0 unspecified atom stereocenters. The zero-order valence-electron chi connectivity index (χ0n) is 16.1. The molecular formula is C22H26N4OS. The van der Waals surface area contributed by atoms with Crippen LogP contribution in [-0.2, 0) is 24.0 Å². The SMILES string of the molecule is c1ccc(Cc2nc(NCCN3CCOCC3)c3c4c(sc3n2)CCC4)cc1. The highest BCUT2D eigenvalue weighted by Crippen LogP contribution is 2.39. The smallest absolute Gasteiger partial charge is 0.138 e. The van der Waals surface area contributed by atoms with Crippen molar-refractivity contribution in [2.45, 2.75) is 25.7 Å². The van der Waals surface area contributed by atoms with E-state index in [4.69, 9.17) is 14.7 Å². The predicted octanol–water partition coefficient (Wildman–Crippen LogP) is 3.51. The Morgan fingerprint density at radius 3 is 2.79 bits per heavy atom. The summed E-state index contributed by atoms with van der Waals surface area (Å²) in [6.45, 7) is 5.66. The number of benzene rings is 1. The van der Waals surface area contributed by atoms with Gasteiger partial charge in [0.25, 0.3) is 0 Å². The van der Waals surface area contributed by atoms with Gasteiger partial charge in [-0.25, -0.2) is 9.97 Å². The Hall–Kier alpha value is -2.02. The van der Waals surface area contributed by atoms with Crippen molar-refractivity contribution in [2.24, 2.45) is 0 Å². The van der Waals surface area contributed by atoms with Crippen molar-refractivity contribution in [3.05, 3.63) is 52.2 Å². The molecule has 1 saturated heterocycles. The molecule has 6 heteroatoms. The summed E-state index contributed by atoms with van der Waals surface area (Å²) in [5, 5.41) is 4.92. The van der Waals surface area contributed by atoms with E-state index in [2.05, 4.69) is 40.5 Å². The van der Waals surface area contributed by atoms with Crippen molar-refractivity contribution >= 4 is 27.4 Å². The summed E-state index contributed by atoms with van der Waals surface area (Å²) in [5.41, 5.74) is 2.74. The average molecular weight is 395 g/mol. The van der Waals surface area contributed by atoms with Crippen LogP contribution in [0.2, 0.25) is 0 Å². The second-order valence-corrected chi connectivity index (χ2v) is 8.65. The normalized spacial score (nSPS) is 17.1. The summed E-state index contributed by atoms with van der Waals surface area (Å²) < 4.78 is 5.45. The third-order valence-electron chi connectivity index (χ3n) is 5.64. The second kappa shape index (κ2) is 8.15. The van der Waals surface area contributed by atoms with Crippen molar-refractivity contribution in [1.29, 1.82) is 0 Å². The van der Waals surface area contributed by atoms with Crippen LogP contribution in [-0.4, -0.2) is 54.3 Å². The second-order valence-electron chi connectivity index (χ2n) is 7.57. The van der Waals surface area contributed by atoms with Crippen LogP contribution in [0.3, 0.4) is 0 Å². The third-order valence-corrected chi connectivity index (χ3v) is 6.83. The molecule has 0 bridgehead atoms. The molecule has 2 aromatic heterocycles. The van der Waals surface area contributed by atoms with Gasteiger partial charge in [-0.1, -0.05) is 30.3 Å². The number of aryl methyl sites for hydroxylation is 2. The zero-order chi connectivity index (χ0) is 18.8. The number of hydrogen-bond donors (Lipinski definition) is 1. The molecular weight excluding hydrogens is 368 g/mol. The summed E-state index contributed by atoms with van der Waals surface area (Å²) in [6.07, 6.45) is 4.39. The van der Waals surface area contributed by atoms with E-state index in [1.807, 2.05) is 11.3 Å². The fourth-order valence-electron chi connectivity index (χ4n) is 4.18. The Kier molecular flexibility index (Phi) is 5.25. The number of nitrogens with one attached hydrogen (secondary N) is 1. The van der Waals surface area contributed by atoms with E-state index < -0.39 is 0 Å². The maximum absolute atomic E-state index is 5.45. The van der Waals surface area contributed by atoms with Gasteiger partial charge >= 0.3 is 0 Å². The number of ether oxygens (including phenoxy) is 1. The van der Waals surface area contributed by atoms with Gasteiger partial charge in [0.15, 0.2) is 0 Å². The molecule has 28 heavy (non-hydrogen) atoms. The van der Waals surface area contributed by atoms with E-state index in [0.717, 1.165) is 68.7 Å². The van der Waals surface area contributed by atoms with Gasteiger partial charge in [-0.15, -0.1) is 11.3 Å². The minimum absolute atomic E-state index is 0.775. The monoisotopic (exact) mass is 394 g/mol. The largest absolute Gasteiger partial charge is 0.379 e. The predicted molar refractivity (Wildman–Crippen MR) is 114 cm³/mol. The molecule has 0 spiro atoms. The van der Waals surface area contributed by atoms with Crippen LogP contribution in [0.1, 0.15) is 28.2 Å². The third kappa shape index (κ3) is 3.77. The molecule has 146 valence electrons. The molecule has 2 aliphatic rings. The first-order chi connectivity index (χ1) is 13.9. The molecule has 1 aliphatic carbocycles. The summed E-state index contributed by atoms with van der Waals surface area (Å²) in [6, 6.07) is 10.5. The van der Waals surface area contributed by atoms with Crippen LogP contribution in [0.25, 0.3) is 10.2 Å². The number of aromatic nitrogens is 2. The van der Waals surface area contributed by atoms with Crippen molar-refractivity contribution in [1.82, 2.24) is 14.9 Å². The van der Waals surface area contributed by atoms with Crippen molar-refractivity contribution in [2.75, 3.05) is 44.7 Å². The van der Waals surface area contributed by atoms with Gasteiger partial charge in [0.05, 0.1) is 18.6 Å². The van der Waals surface area contributed by atoms with Gasteiger partial charge < -0.3 is 10.1 Å². The lowest BCUT2D eigenvalue weighted by Crippen LogP contribution is -2.39. The van der Waals surface area contributed by atoms with E-state index in [0.29, 0.717) is 0 Å². The van der Waals surface area contributed by atoms with Gasteiger partial charge in [0.2, 0.25) is 0 Å². The molecule has 3 aromatic rings. The Balaban J connectivity index is 1.41. The highest BCUT2D eigenvalue weighted by molar-refractivity contribution is 7.19. The van der Waals surface area contributed by atoms with Gasteiger partial charge in [0.1, 0.15) is 16.5 Å². The highest BCUT2D eigenvalue weighted by atomic mass is 32.1. The zero-order valence-corrected chi connectivity index (χ0v) is 16.9. The average Bonchev–Trinajstić information content (AvgIpc) is 3.30. The van der Waals surface area contributed by atoms with Crippen LogP contribution >= 0.6 is 11.3 Å². The number of rotatable bonds is 6. The molecule has 5 rings (SSSR count).